The molecule has 10 nitrogen and oxygen atoms in total. The van der Waals surface area contributed by atoms with E-state index in [1.54, 1.807) is 36.4 Å². The lowest BCUT2D eigenvalue weighted by molar-refractivity contribution is -0.143. The zero-order chi connectivity index (χ0) is 23.8. The zero-order valence-electron chi connectivity index (χ0n) is 17.7. The molecular formula is C23H19ClN4O6. The highest BCUT2D eigenvalue weighted by atomic mass is 35.5. The van der Waals surface area contributed by atoms with Crippen molar-refractivity contribution in [3.63, 3.8) is 0 Å². The predicted molar refractivity (Wildman–Crippen MR) is 118 cm³/mol. The number of carbonyl (C=O) groups is 4. The topological polar surface area (TPSA) is 140 Å². The Bertz CT molecular complexity index is 1300. The molecule has 2 fully saturated rings. The number of anilines is 1. The third kappa shape index (κ3) is 2.78. The van der Waals surface area contributed by atoms with Gasteiger partial charge >= 0.3 is 0 Å². The van der Waals surface area contributed by atoms with Crippen molar-refractivity contribution in [2.75, 3.05) is 12.1 Å². The van der Waals surface area contributed by atoms with Gasteiger partial charge in [0.2, 0.25) is 30.4 Å². The maximum Gasteiger partial charge on any atom is 0.250 e. The normalized spacial score (nSPS) is 28.4. The highest BCUT2D eigenvalue weighted by Gasteiger charge is 2.70. The molecule has 4 amide bonds. The Hall–Kier alpha value is -3.63. The van der Waals surface area contributed by atoms with Crippen molar-refractivity contribution in [2.45, 2.75) is 24.5 Å². The van der Waals surface area contributed by atoms with E-state index in [-0.39, 0.29) is 19.8 Å². The summed E-state index contributed by atoms with van der Waals surface area (Å²) in [5.74, 6) is -2.98. The first-order valence-corrected chi connectivity index (χ1v) is 11.1. The minimum atomic E-state index is -1.54. The van der Waals surface area contributed by atoms with Gasteiger partial charge in [-0.15, -0.1) is 0 Å². The fourth-order valence-electron chi connectivity index (χ4n) is 5.60. The van der Waals surface area contributed by atoms with Gasteiger partial charge in [0, 0.05) is 28.7 Å². The first-order chi connectivity index (χ1) is 16.3. The largest absolute Gasteiger partial charge is 0.454 e. The molecule has 34 heavy (non-hydrogen) atoms. The number of rotatable bonds is 4. The van der Waals surface area contributed by atoms with Gasteiger partial charge in [0.15, 0.2) is 11.5 Å². The van der Waals surface area contributed by atoms with Gasteiger partial charge in [-0.3, -0.25) is 29.4 Å². The number of likely N-dealkylation sites (tertiary alicyclic amines) is 1. The minimum absolute atomic E-state index is 0.00923. The zero-order valence-corrected chi connectivity index (χ0v) is 18.4. The SMILES string of the molecule is NC(=O)C[C@@H]1N[C@@]2(C(=O)Nc3ccc(Cl)cc32)[C@@H]2C(=O)N(Cc3ccc4c(c3)OCO4)C(=O)[C@H]12. The molecule has 0 unspecified atom stereocenters. The van der Waals surface area contributed by atoms with Crippen LogP contribution in [0.3, 0.4) is 0 Å². The summed E-state index contributed by atoms with van der Waals surface area (Å²) >= 11 is 6.22. The Balaban J connectivity index is 1.42. The van der Waals surface area contributed by atoms with Crippen molar-refractivity contribution in [1.29, 1.82) is 0 Å². The Morgan fingerprint density at radius 2 is 1.91 bits per heavy atom. The molecule has 0 aliphatic carbocycles. The summed E-state index contributed by atoms with van der Waals surface area (Å²) in [6.07, 6.45) is -0.205. The Morgan fingerprint density at radius 1 is 1.12 bits per heavy atom. The van der Waals surface area contributed by atoms with Gasteiger partial charge in [0.25, 0.3) is 0 Å². The first kappa shape index (κ1) is 20.9. The van der Waals surface area contributed by atoms with Crippen molar-refractivity contribution in [3.8, 4) is 11.5 Å². The maximum absolute atomic E-state index is 13.7. The van der Waals surface area contributed by atoms with Crippen LogP contribution in [0.5, 0.6) is 11.5 Å². The number of imide groups is 1. The number of nitrogens with zero attached hydrogens (tertiary/aromatic N) is 1. The van der Waals surface area contributed by atoms with E-state index in [1.807, 2.05) is 0 Å². The Labute approximate surface area is 198 Å². The molecule has 0 bridgehead atoms. The monoisotopic (exact) mass is 482 g/mol. The van der Waals surface area contributed by atoms with E-state index >= 15 is 0 Å². The van der Waals surface area contributed by atoms with Gasteiger partial charge in [-0.05, 0) is 35.9 Å². The van der Waals surface area contributed by atoms with E-state index in [1.165, 1.54) is 0 Å². The van der Waals surface area contributed by atoms with Crippen molar-refractivity contribution in [3.05, 3.63) is 52.5 Å². The van der Waals surface area contributed by atoms with Crippen molar-refractivity contribution >= 4 is 40.9 Å². The third-order valence-corrected chi connectivity index (χ3v) is 7.20. The number of primary amides is 1. The van der Waals surface area contributed by atoms with E-state index in [4.69, 9.17) is 26.8 Å². The summed E-state index contributed by atoms with van der Waals surface area (Å²) in [4.78, 5) is 53.6. The van der Waals surface area contributed by atoms with E-state index in [9.17, 15) is 19.2 Å². The molecule has 174 valence electrons. The van der Waals surface area contributed by atoms with Gasteiger partial charge in [-0.25, -0.2) is 0 Å². The third-order valence-electron chi connectivity index (χ3n) is 6.97. The van der Waals surface area contributed by atoms with Crippen LogP contribution in [0.1, 0.15) is 17.5 Å². The summed E-state index contributed by atoms with van der Waals surface area (Å²) in [6, 6.07) is 9.25. The summed E-state index contributed by atoms with van der Waals surface area (Å²) in [6.45, 7) is 0.0925. The van der Waals surface area contributed by atoms with Crippen LogP contribution >= 0.6 is 11.6 Å². The molecule has 2 aromatic rings. The lowest BCUT2D eigenvalue weighted by Gasteiger charge is -2.29. The molecule has 0 aromatic heterocycles. The number of fused-ring (bicyclic) bond motifs is 5. The van der Waals surface area contributed by atoms with Crippen LogP contribution in [0, 0.1) is 11.8 Å². The molecule has 2 aromatic carbocycles. The van der Waals surface area contributed by atoms with E-state index < -0.39 is 47.0 Å². The smallest absolute Gasteiger partial charge is 0.250 e. The van der Waals surface area contributed by atoms with E-state index in [0.717, 1.165) is 4.90 Å². The second kappa shape index (κ2) is 7.18. The number of hydrogen-bond donors (Lipinski definition) is 3. The summed E-state index contributed by atoms with van der Waals surface area (Å²) in [5.41, 5.74) is 5.54. The highest BCUT2D eigenvalue weighted by molar-refractivity contribution is 6.31. The number of nitrogens with one attached hydrogen (secondary N) is 2. The average Bonchev–Trinajstić information content (AvgIpc) is 3.51. The van der Waals surface area contributed by atoms with Gasteiger partial charge in [-0.2, -0.15) is 0 Å². The number of carbonyl (C=O) groups excluding carboxylic acids is 4. The fourth-order valence-corrected chi connectivity index (χ4v) is 5.78. The van der Waals surface area contributed by atoms with Crippen molar-refractivity contribution < 1.29 is 28.7 Å². The number of amides is 4. The second-order valence-electron chi connectivity index (χ2n) is 8.83. The van der Waals surface area contributed by atoms with Crippen LogP contribution in [-0.2, 0) is 31.3 Å². The molecule has 6 rings (SSSR count). The molecule has 2 saturated heterocycles. The molecule has 11 heteroatoms. The molecule has 1 spiro atoms. The van der Waals surface area contributed by atoms with Crippen molar-refractivity contribution in [2.24, 2.45) is 17.6 Å². The molecule has 4 aliphatic rings. The highest BCUT2D eigenvalue weighted by Crippen LogP contribution is 2.54. The van der Waals surface area contributed by atoms with Crippen LogP contribution in [0.4, 0.5) is 5.69 Å². The van der Waals surface area contributed by atoms with Crippen LogP contribution < -0.4 is 25.8 Å². The van der Waals surface area contributed by atoms with Crippen LogP contribution in [0.25, 0.3) is 0 Å². The second-order valence-corrected chi connectivity index (χ2v) is 9.26. The summed E-state index contributed by atoms with van der Waals surface area (Å²) in [5, 5.41) is 6.29. The number of ether oxygens (including phenoxy) is 2. The minimum Gasteiger partial charge on any atom is -0.454 e. The van der Waals surface area contributed by atoms with Gasteiger partial charge in [0.05, 0.1) is 18.4 Å². The maximum atomic E-state index is 13.7. The molecular weight excluding hydrogens is 464 g/mol. The van der Waals surface area contributed by atoms with Gasteiger partial charge < -0.3 is 20.5 Å². The number of nitrogens with two attached hydrogens (primary N) is 1. The predicted octanol–water partition coefficient (Wildman–Crippen LogP) is 0.865. The number of benzene rings is 2. The fraction of sp³-hybridized carbons (Fsp3) is 0.304. The van der Waals surface area contributed by atoms with E-state index in [2.05, 4.69) is 10.6 Å². The van der Waals surface area contributed by atoms with Crippen LogP contribution in [0.2, 0.25) is 5.02 Å². The lowest BCUT2D eigenvalue weighted by Crippen LogP contribution is -2.53. The quantitative estimate of drug-likeness (QED) is 0.549. The number of halogens is 1. The average molecular weight is 483 g/mol. The standard InChI is InChI=1S/C23H19ClN4O6/c24-11-2-3-13-12(6-11)23(22(32)26-13)19-18(14(27-23)7-17(25)29)20(30)28(21(19)31)8-10-1-4-15-16(5-10)34-9-33-15/h1-6,14,18-19,27H,7-9H2,(H2,25,29)(H,26,32)/t14-,18+,19-,23+/m0/s1. The summed E-state index contributed by atoms with van der Waals surface area (Å²) in [7, 11) is 0. The molecule has 4 N–H and O–H groups in total. The van der Waals surface area contributed by atoms with Crippen LogP contribution in [-0.4, -0.2) is 41.4 Å². The van der Waals surface area contributed by atoms with Crippen LogP contribution in [0.15, 0.2) is 36.4 Å². The summed E-state index contributed by atoms with van der Waals surface area (Å²) < 4.78 is 10.7. The Morgan fingerprint density at radius 3 is 2.71 bits per heavy atom. The van der Waals surface area contributed by atoms with Crippen molar-refractivity contribution in [1.82, 2.24) is 10.2 Å². The van der Waals surface area contributed by atoms with Gasteiger partial charge in [0.1, 0.15) is 5.54 Å². The molecule has 0 radical (unpaired) electrons. The van der Waals surface area contributed by atoms with Gasteiger partial charge in [-0.1, -0.05) is 17.7 Å². The first-order valence-electron chi connectivity index (χ1n) is 10.7. The molecule has 4 atom stereocenters. The molecule has 0 saturated carbocycles. The lowest BCUT2D eigenvalue weighted by atomic mass is 9.76. The Kier molecular flexibility index (Phi) is 4.42. The number of hydrogen-bond acceptors (Lipinski definition) is 7. The molecule has 4 aliphatic heterocycles. The molecule has 4 heterocycles. The van der Waals surface area contributed by atoms with E-state index in [0.29, 0.717) is 33.3 Å².